The van der Waals surface area contributed by atoms with Crippen molar-refractivity contribution in [2.75, 3.05) is 0 Å². The first-order valence-electron chi connectivity index (χ1n) is 6.16. The third-order valence-corrected chi connectivity index (χ3v) is 3.40. The minimum absolute atomic E-state index is 0.0104. The van der Waals surface area contributed by atoms with E-state index in [1.165, 1.54) is 0 Å². The highest BCUT2D eigenvalue weighted by Gasteiger charge is 2.31. The molecular formula is C13H24O2S. The van der Waals surface area contributed by atoms with E-state index in [1.807, 2.05) is 6.92 Å². The average Bonchev–Trinajstić information content (AvgIpc) is 2.38. The van der Waals surface area contributed by atoms with Gasteiger partial charge in [0.1, 0.15) is 0 Å². The van der Waals surface area contributed by atoms with Crippen LogP contribution in [-0.2, 0) is 9.53 Å². The second-order valence-electron chi connectivity index (χ2n) is 6.18. The molecule has 0 saturated carbocycles. The fourth-order valence-electron chi connectivity index (χ4n) is 2.28. The summed E-state index contributed by atoms with van der Waals surface area (Å²) in [6.45, 7) is 8.64. The van der Waals surface area contributed by atoms with Gasteiger partial charge in [-0.1, -0.05) is 20.8 Å². The summed E-state index contributed by atoms with van der Waals surface area (Å²) < 4.78 is 5.14. The van der Waals surface area contributed by atoms with Crippen LogP contribution < -0.4 is 0 Å². The Morgan fingerprint density at radius 1 is 1.50 bits per heavy atom. The molecule has 2 nitrogen and oxygen atoms in total. The van der Waals surface area contributed by atoms with Gasteiger partial charge in [0.05, 0.1) is 12.0 Å². The van der Waals surface area contributed by atoms with Crippen molar-refractivity contribution in [3.05, 3.63) is 0 Å². The first-order valence-corrected chi connectivity index (χ1v) is 6.68. The van der Waals surface area contributed by atoms with Crippen LogP contribution in [0, 0.1) is 11.3 Å². The molecular weight excluding hydrogens is 220 g/mol. The maximum atomic E-state index is 11.4. The molecule has 3 heteroatoms. The van der Waals surface area contributed by atoms with Crippen molar-refractivity contribution in [3.63, 3.8) is 0 Å². The molecule has 3 atom stereocenters. The van der Waals surface area contributed by atoms with Gasteiger partial charge in [-0.05, 0) is 38.0 Å². The maximum Gasteiger partial charge on any atom is 0.309 e. The van der Waals surface area contributed by atoms with Crippen LogP contribution in [-0.4, -0.2) is 17.3 Å². The summed E-state index contributed by atoms with van der Waals surface area (Å²) in [4.78, 5) is 11.4. The minimum Gasteiger partial charge on any atom is -0.462 e. The number of hydrogen-bond donors (Lipinski definition) is 1. The molecule has 1 saturated heterocycles. The molecule has 0 spiro atoms. The third kappa shape index (κ3) is 4.77. The standard InChI is InChI=1S/C13H24O2S/c1-9-7-10(12(14)15-9)5-6-11(16)8-13(2,3)4/h9-11,16H,5-8H2,1-4H3. The van der Waals surface area contributed by atoms with Gasteiger partial charge in [0, 0.05) is 5.25 Å². The van der Waals surface area contributed by atoms with Crippen LogP contribution in [0.15, 0.2) is 0 Å². The van der Waals surface area contributed by atoms with Gasteiger partial charge in [-0.15, -0.1) is 0 Å². The van der Waals surface area contributed by atoms with Crippen LogP contribution in [0.3, 0.4) is 0 Å². The molecule has 1 rings (SSSR count). The minimum atomic E-state index is -0.0104. The highest BCUT2D eigenvalue weighted by atomic mass is 32.1. The van der Waals surface area contributed by atoms with Gasteiger partial charge in [0.25, 0.3) is 0 Å². The Morgan fingerprint density at radius 2 is 2.12 bits per heavy atom. The topological polar surface area (TPSA) is 26.3 Å². The monoisotopic (exact) mass is 244 g/mol. The summed E-state index contributed by atoms with van der Waals surface area (Å²) in [7, 11) is 0. The van der Waals surface area contributed by atoms with Gasteiger partial charge in [0.15, 0.2) is 0 Å². The summed E-state index contributed by atoms with van der Waals surface area (Å²) in [6, 6.07) is 0. The second kappa shape index (κ2) is 5.44. The van der Waals surface area contributed by atoms with Gasteiger partial charge < -0.3 is 4.74 Å². The van der Waals surface area contributed by atoms with Crippen LogP contribution >= 0.6 is 12.6 Å². The molecule has 0 amide bonds. The van der Waals surface area contributed by atoms with Gasteiger partial charge in [-0.3, -0.25) is 4.79 Å². The molecule has 0 aliphatic carbocycles. The molecule has 0 aromatic heterocycles. The smallest absolute Gasteiger partial charge is 0.309 e. The Labute approximate surface area is 105 Å². The van der Waals surface area contributed by atoms with Gasteiger partial charge in [0.2, 0.25) is 0 Å². The summed E-state index contributed by atoms with van der Waals surface area (Å²) in [6.07, 6.45) is 4.02. The van der Waals surface area contributed by atoms with E-state index in [1.54, 1.807) is 0 Å². The maximum absolute atomic E-state index is 11.4. The van der Waals surface area contributed by atoms with Gasteiger partial charge in [-0.25, -0.2) is 0 Å². The summed E-state index contributed by atoms with van der Waals surface area (Å²) in [5.41, 5.74) is 0.315. The first kappa shape index (κ1) is 13.9. The number of thiol groups is 1. The normalized spacial score (nSPS) is 27.9. The number of ether oxygens (including phenoxy) is 1. The molecule has 1 aliphatic rings. The lowest BCUT2D eigenvalue weighted by Crippen LogP contribution is -2.16. The van der Waals surface area contributed by atoms with Crippen molar-refractivity contribution in [3.8, 4) is 0 Å². The van der Waals surface area contributed by atoms with E-state index in [4.69, 9.17) is 4.74 Å². The number of carbonyl (C=O) groups excluding carboxylic acids is 1. The van der Waals surface area contributed by atoms with Crippen LogP contribution in [0.1, 0.15) is 53.4 Å². The molecule has 3 unspecified atom stereocenters. The molecule has 0 aromatic rings. The molecule has 0 aromatic carbocycles. The lowest BCUT2D eigenvalue weighted by atomic mass is 9.88. The van der Waals surface area contributed by atoms with Crippen LogP contribution in [0.5, 0.6) is 0 Å². The van der Waals surface area contributed by atoms with Crippen molar-refractivity contribution in [1.29, 1.82) is 0 Å². The number of rotatable bonds is 4. The Balaban J connectivity index is 2.27. The third-order valence-electron chi connectivity index (χ3n) is 2.96. The van der Waals surface area contributed by atoms with Crippen molar-refractivity contribution in [2.45, 2.75) is 64.7 Å². The van der Waals surface area contributed by atoms with Crippen molar-refractivity contribution in [1.82, 2.24) is 0 Å². The Hall–Kier alpha value is -0.180. The zero-order chi connectivity index (χ0) is 12.3. The van der Waals surface area contributed by atoms with Crippen molar-refractivity contribution in [2.24, 2.45) is 11.3 Å². The van der Waals surface area contributed by atoms with E-state index in [2.05, 4.69) is 33.4 Å². The SMILES string of the molecule is CC1CC(CCC(S)CC(C)(C)C)C(=O)O1. The van der Waals surface area contributed by atoms with Crippen molar-refractivity contribution < 1.29 is 9.53 Å². The summed E-state index contributed by atoms with van der Waals surface area (Å²) in [5, 5.41) is 0.392. The fourth-order valence-corrected chi connectivity index (χ4v) is 2.97. The molecule has 1 fully saturated rings. The van der Waals surface area contributed by atoms with Crippen LogP contribution in [0.4, 0.5) is 0 Å². The predicted molar refractivity (Wildman–Crippen MR) is 69.7 cm³/mol. The molecule has 1 heterocycles. The molecule has 94 valence electrons. The van der Waals surface area contributed by atoms with Crippen LogP contribution in [0.25, 0.3) is 0 Å². The molecule has 0 N–H and O–H groups in total. The Morgan fingerprint density at radius 3 is 2.56 bits per heavy atom. The Kier molecular flexibility index (Phi) is 4.72. The van der Waals surface area contributed by atoms with E-state index < -0.39 is 0 Å². The predicted octanol–water partition coefficient (Wildman–Crippen LogP) is 3.45. The first-order chi connectivity index (χ1) is 7.28. The van der Waals surface area contributed by atoms with Crippen LogP contribution in [0.2, 0.25) is 0 Å². The fraction of sp³-hybridized carbons (Fsp3) is 0.923. The van der Waals surface area contributed by atoms with Gasteiger partial charge >= 0.3 is 5.97 Å². The molecule has 0 bridgehead atoms. The van der Waals surface area contributed by atoms with E-state index in [0.29, 0.717) is 10.7 Å². The van der Waals surface area contributed by atoms with E-state index in [9.17, 15) is 4.79 Å². The largest absolute Gasteiger partial charge is 0.462 e. The number of esters is 1. The quantitative estimate of drug-likeness (QED) is 0.605. The van der Waals surface area contributed by atoms with E-state index in [0.717, 1.165) is 25.7 Å². The van der Waals surface area contributed by atoms with Gasteiger partial charge in [-0.2, -0.15) is 12.6 Å². The zero-order valence-electron chi connectivity index (χ0n) is 10.8. The molecule has 0 radical (unpaired) electrons. The van der Waals surface area contributed by atoms with Crippen molar-refractivity contribution >= 4 is 18.6 Å². The number of carbonyl (C=O) groups is 1. The number of cyclic esters (lactones) is 1. The second-order valence-corrected chi connectivity index (χ2v) is 6.91. The van der Waals surface area contributed by atoms with E-state index >= 15 is 0 Å². The Bertz CT molecular complexity index is 245. The lowest BCUT2D eigenvalue weighted by molar-refractivity contribution is -0.143. The summed E-state index contributed by atoms with van der Waals surface area (Å²) >= 11 is 4.60. The average molecular weight is 244 g/mol. The number of hydrogen-bond acceptors (Lipinski definition) is 3. The zero-order valence-corrected chi connectivity index (χ0v) is 11.7. The lowest BCUT2D eigenvalue weighted by Gasteiger charge is -2.23. The summed E-state index contributed by atoms with van der Waals surface area (Å²) in [5.74, 6) is 0.105. The van der Waals surface area contributed by atoms with E-state index in [-0.39, 0.29) is 18.0 Å². The highest BCUT2D eigenvalue weighted by Crippen LogP contribution is 2.30. The molecule has 1 aliphatic heterocycles. The highest BCUT2D eigenvalue weighted by molar-refractivity contribution is 7.80. The molecule has 16 heavy (non-hydrogen) atoms.